The van der Waals surface area contributed by atoms with Crippen LogP contribution in [0.4, 0.5) is 4.39 Å². The van der Waals surface area contributed by atoms with Crippen LogP contribution in [0.15, 0.2) is 48.5 Å². The Morgan fingerprint density at radius 2 is 1.88 bits per heavy atom. The summed E-state index contributed by atoms with van der Waals surface area (Å²) in [6.07, 6.45) is 0.298. The number of rotatable bonds is 5. The number of halogens is 2. The highest BCUT2D eigenvalue weighted by Crippen LogP contribution is 2.19. The van der Waals surface area contributed by atoms with Crippen molar-refractivity contribution in [3.63, 3.8) is 0 Å². The van der Waals surface area contributed by atoms with Gasteiger partial charge in [-0.3, -0.25) is 4.79 Å². The molecule has 0 saturated heterocycles. The standard InChI is InChI=1S/C20H23FN2O2.ClH/c1-13(10-19(24)14-6-8-17(21)9-7-14)23-20(25)18-11-15-4-2-3-5-16(15)12-22-18;/h2-9,13,18-19,22,24H,10-12H2,1H3,(H,23,25);1H. The maximum atomic E-state index is 13.0. The minimum Gasteiger partial charge on any atom is -0.388 e. The van der Waals surface area contributed by atoms with E-state index in [4.69, 9.17) is 0 Å². The zero-order chi connectivity index (χ0) is 17.8. The van der Waals surface area contributed by atoms with Crippen LogP contribution in [-0.4, -0.2) is 23.1 Å². The Hall–Kier alpha value is -1.95. The van der Waals surface area contributed by atoms with Gasteiger partial charge in [0.15, 0.2) is 0 Å². The third-order valence-corrected chi connectivity index (χ3v) is 4.62. The molecule has 1 aliphatic rings. The van der Waals surface area contributed by atoms with Gasteiger partial charge in [0.05, 0.1) is 12.1 Å². The average molecular weight is 379 g/mol. The maximum Gasteiger partial charge on any atom is 0.237 e. The molecule has 0 aliphatic carbocycles. The van der Waals surface area contributed by atoms with Gasteiger partial charge in [-0.25, -0.2) is 4.39 Å². The number of aliphatic hydroxyl groups is 1. The van der Waals surface area contributed by atoms with Gasteiger partial charge in [0.1, 0.15) is 5.82 Å². The molecular formula is C20H24ClFN2O2. The molecule has 1 heterocycles. The van der Waals surface area contributed by atoms with E-state index in [1.165, 1.54) is 23.3 Å². The topological polar surface area (TPSA) is 61.4 Å². The predicted octanol–water partition coefficient (Wildman–Crippen LogP) is 2.89. The monoisotopic (exact) mass is 378 g/mol. The van der Waals surface area contributed by atoms with Crippen LogP contribution in [0.1, 0.15) is 36.1 Å². The Morgan fingerprint density at radius 3 is 2.58 bits per heavy atom. The minimum absolute atomic E-state index is 0. The Bertz CT molecular complexity index is 739. The van der Waals surface area contributed by atoms with Crippen molar-refractivity contribution in [3.8, 4) is 0 Å². The molecule has 3 N–H and O–H groups in total. The van der Waals surface area contributed by atoms with Crippen LogP contribution in [-0.2, 0) is 17.8 Å². The van der Waals surface area contributed by atoms with Crippen LogP contribution in [0.3, 0.4) is 0 Å². The number of hydrogen-bond donors (Lipinski definition) is 3. The van der Waals surface area contributed by atoms with E-state index >= 15 is 0 Å². The Morgan fingerprint density at radius 1 is 1.23 bits per heavy atom. The molecule has 1 amide bonds. The molecule has 0 aromatic heterocycles. The van der Waals surface area contributed by atoms with E-state index in [1.807, 2.05) is 19.1 Å². The number of carbonyl (C=O) groups excluding carboxylic acids is 1. The van der Waals surface area contributed by atoms with Gasteiger partial charge in [0.2, 0.25) is 5.91 Å². The summed E-state index contributed by atoms with van der Waals surface area (Å²) < 4.78 is 13.0. The number of benzene rings is 2. The van der Waals surface area contributed by atoms with Crippen LogP contribution >= 0.6 is 12.4 Å². The first-order valence-corrected chi connectivity index (χ1v) is 8.57. The lowest BCUT2D eigenvalue weighted by molar-refractivity contribution is -0.124. The fourth-order valence-electron chi connectivity index (χ4n) is 3.20. The molecule has 2 aromatic rings. The first-order valence-electron chi connectivity index (χ1n) is 8.57. The van der Waals surface area contributed by atoms with E-state index in [0.29, 0.717) is 24.9 Å². The molecule has 2 aromatic carbocycles. The lowest BCUT2D eigenvalue weighted by Crippen LogP contribution is -2.50. The number of aliphatic hydroxyl groups excluding tert-OH is 1. The van der Waals surface area contributed by atoms with Crippen molar-refractivity contribution in [2.45, 2.75) is 44.5 Å². The summed E-state index contributed by atoms with van der Waals surface area (Å²) in [6, 6.07) is 13.4. The molecule has 6 heteroatoms. The molecule has 1 aliphatic heterocycles. The van der Waals surface area contributed by atoms with E-state index in [1.54, 1.807) is 12.1 Å². The summed E-state index contributed by atoms with van der Waals surface area (Å²) in [7, 11) is 0. The summed E-state index contributed by atoms with van der Waals surface area (Å²) in [5.74, 6) is -0.394. The van der Waals surface area contributed by atoms with Gasteiger partial charge in [-0.05, 0) is 48.6 Å². The molecule has 3 rings (SSSR count). The highest BCUT2D eigenvalue weighted by atomic mass is 35.5. The highest BCUT2D eigenvalue weighted by molar-refractivity contribution is 5.85. The number of carbonyl (C=O) groups is 1. The van der Waals surface area contributed by atoms with Gasteiger partial charge in [-0.1, -0.05) is 36.4 Å². The van der Waals surface area contributed by atoms with Crippen molar-refractivity contribution in [3.05, 3.63) is 71.0 Å². The molecule has 0 saturated carbocycles. The number of nitrogens with one attached hydrogen (secondary N) is 2. The van der Waals surface area contributed by atoms with Crippen LogP contribution < -0.4 is 10.6 Å². The van der Waals surface area contributed by atoms with Crippen LogP contribution in [0.5, 0.6) is 0 Å². The second-order valence-corrected chi connectivity index (χ2v) is 6.62. The minimum atomic E-state index is -0.740. The second kappa shape index (κ2) is 9.12. The first-order chi connectivity index (χ1) is 12.0. The molecule has 140 valence electrons. The predicted molar refractivity (Wildman–Crippen MR) is 102 cm³/mol. The normalized spacial score (nSPS) is 18.2. The lowest BCUT2D eigenvalue weighted by atomic mass is 9.95. The zero-order valence-corrected chi connectivity index (χ0v) is 15.4. The Labute approximate surface area is 159 Å². The molecule has 4 nitrogen and oxygen atoms in total. The maximum absolute atomic E-state index is 13.0. The second-order valence-electron chi connectivity index (χ2n) is 6.62. The third kappa shape index (κ3) is 5.04. The van der Waals surface area contributed by atoms with Crippen LogP contribution in [0.2, 0.25) is 0 Å². The summed E-state index contributed by atoms with van der Waals surface area (Å²) >= 11 is 0. The van der Waals surface area contributed by atoms with Crippen LogP contribution in [0, 0.1) is 5.82 Å². The van der Waals surface area contributed by atoms with Crippen molar-refractivity contribution in [1.82, 2.24) is 10.6 Å². The van der Waals surface area contributed by atoms with Gasteiger partial charge in [0, 0.05) is 12.6 Å². The fraction of sp³-hybridized carbons (Fsp3) is 0.350. The molecule has 0 radical (unpaired) electrons. The molecule has 26 heavy (non-hydrogen) atoms. The summed E-state index contributed by atoms with van der Waals surface area (Å²) in [5, 5.41) is 16.5. The molecule has 0 spiro atoms. The van der Waals surface area contributed by atoms with E-state index in [0.717, 1.165) is 0 Å². The van der Waals surface area contributed by atoms with E-state index < -0.39 is 6.10 Å². The van der Waals surface area contributed by atoms with Gasteiger partial charge in [0.25, 0.3) is 0 Å². The molecular weight excluding hydrogens is 355 g/mol. The summed E-state index contributed by atoms with van der Waals surface area (Å²) in [5.41, 5.74) is 3.07. The third-order valence-electron chi connectivity index (χ3n) is 4.62. The highest BCUT2D eigenvalue weighted by Gasteiger charge is 2.25. The largest absolute Gasteiger partial charge is 0.388 e. The summed E-state index contributed by atoms with van der Waals surface area (Å²) in [6.45, 7) is 2.54. The molecule has 0 fully saturated rings. The Kier molecular flexibility index (Phi) is 7.14. The van der Waals surface area contributed by atoms with Crippen molar-refractivity contribution in [1.29, 1.82) is 0 Å². The van der Waals surface area contributed by atoms with Crippen molar-refractivity contribution in [2.24, 2.45) is 0 Å². The SMILES string of the molecule is CC(CC(O)c1ccc(F)cc1)NC(=O)C1Cc2ccccc2CN1.Cl. The van der Waals surface area contributed by atoms with Crippen molar-refractivity contribution < 1.29 is 14.3 Å². The number of hydrogen-bond acceptors (Lipinski definition) is 3. The number of fused-ring (bicyclic) bond motifs is 1. The zero-order valence-electron chi connectivity index (χ0n) is 14.6. The fourth-order valence-corrected chi connectivity index (χ4v) is 3.20. The van der Waals surface area contributed by atoms with E-state index in [9.17, 15) is 14.3 Å². The quantitative estimate of drug-likeness (QED) is 0.749. The van der Waals surface area contributed by atoms with Crippen molar-refractivity contribution >= 4 is 18.3 Å². The first kappa shape index (κ1) is 20.4. The summed E-state index contributed by atoms with van der Waals surface area (Å²) in [4.78, 5) is 12.5. The van der Waals surface area contributed by atoms with Gasteiger partial charge in [-0.15, -0.1) is 12.4 Å². The van der Waals surface area contributed by atoms with Crippen molar-refractivity contribution in [2.75, 3.05) is 0 Å². The van der Waals surface area contributed by atoms with Crippen LogP contribution in [0.25, 0.3) is 0 Å². The molecule has 3 unspecified atom stereocenters. The van der Waals surface area contributed by atoms with E-state index in [2.05, 4.69) is 22.8 Å². The van der Waals surface area contributed by atoms with E-state index in [-0.39, 0.29) is 36.2 Å². The average Bonchev–Trinajstić information content (AvgIpc) is 2.61. The number of amides is 1. The Balaban J connectivity index is 0.00000243. The molecule has 0 bridgehead atoms. The van der Waals surface area contributed by atoms with Gasteiger partial charge in [-0.2, -0.15) is 0 Å². The lowest BCUT2D eigenvalue weighted by Gasteiger charge is -2.27. The molecule has 3 atom stereocenters. The van der Waals surface area contributed by atoms with Gasteiger partial charge < -0.3 is 15.7 Å². The smallest absolute Gasteiger partial charge is 0.237 e. The van der Waals surface area contributed by atoms with Gasteiger partial charge >= 0.3 is 0 Å².